The van der Waals surface area contributed by atoms with Crippen LogP contribution in [0.3, 0.4) is 0 Å². The number of rotatable bonds is 4. The predicted molar refractivity (Wildman–Crippen MR) is 80.4 cm³/mol. The molecule has 0 radical (unpaired) electrons. The Morgan fingerprint density at radius 1 is 1.30 bits per heavy atom. The fourth-order valence-electron chi connectivity index (χ4n) is 1.85. The maximum Gasteiger partial charge on any atom is 0.254 e. The van der Waals surface area contributed by atoms with Crippen molar-refractivity contribution in [3.05, 3.63) is 63.9 Å². The number of amides is 1. The fraction of sp³-hybridized carbons (Fsp3) is 0.200. The monoisotopic (exact) mass is 334 g/mol. The van der Waals surface area contributed by atoms with E-state index in [2.05, 4.69) is 26.2 Å². The lowest BCUT2D eigenvalue weighted by Crippen LogP contribution is -2.31. The van der Waals surface area contributed by atoms with Gasteiger partial charge < -0.3 is 10.4 Å². The van der Waals surface area contributed by atoms with Crippen LogP contribution in [0.4, 0.5) is 0 Å². The highest BCUT2D eigenvalue weighted by molar-refractivity contribution is 9.10. The van der Waals surface area contributed by atoms with Crippen molar-refractivity contribution >= 4 is 21.8 Å². The van der Waals surface area contributed by atoms with Crippen molar-refractivity contribution in [1.29, 1.82) is 0 Å². The molecule has 0 aliphatic rings. The first kappa shape index (κ1) is 14.7. The predicted octanol–water partition coefficient (Wildman–Crippen LogP) is 2.62. The topological polar surface area (TPSA) is 62.2 Å². The molecule has 1 amide bonds. The third-order valence-electron chi connectivity index (χ3n) is 2.92. The highest BCUT2D eigenvalue weighted by Crippen LogP contribution is 2.17. The molecule has 104 valence electrons. The molecule has 1 atom stereocenters. The van der Waals surface area contributed by atoms with Crippen LogP contribution in [0, 0.1) is 6.92 Å². The van der Waals surface area contributed by atoms with E-state index in [1.165, 1.54) is 0 Å². The average molecular weight is 335 g/mol. The summed E-state index contributed by atoms with van der Waals surface area (Å²) in [6, 6.07) is 12.4. The van der Waals surface area contributed by atoms with Gasteiger partial charge in [0.15, 0.2) is 0 Å². The van der Waals surface area contributed by atoms with Gasteiger partial charge in [0.2, 0.25) is 0 Å². The number of aromatic nitrogens is 1. The van der Waals surface area contributed by atoms with Gasteiger partial charge in [-0.15, -0.1) is 0 Å². The largest absolute Gasteiger partial charge is 0.394 e. The number of carbonyl (C=O) groups excluding carboxylic acids is 1. The van der Waals surface area contributed by atoms with Gasteiger partial charge in [-0.2, -0.15) is 0 Å². The Kier molecular flexibility index (Phi) is 4.87. The van der Waals surface area contributed by atoms with E-state index in [-0.39, 0.29) is 12.5 Å². The minimum absolute atomic E-state index is 0.160. The molecule has 20 heavy (non-hydrogen) atoms. The molecule has 2 N–H and O–H groups in total. The molecule has 1 heterocycles. The van der Waals surface area contributed by atoms with Gasteiger partial charge in [0.05, 0.1) is 18.2 Å². The van der Waals surface area contributed by atoms with E-state index in [4.69, 9.17) is 0 Å². The number of nitrogens with one attached hydrogen (secondary N) is 1. The van der Waals surface area contributed by atoms with Gasteiger partial charge in [-0.05, 0) is 40.5 Å². The van der Waals surface area contributed by atoms with Crippen molar-refractivity contribution in [3.63, 3.8) is 0 Å². The molecule has 1 aromatic carbocycles. The standard InChI is InChI=1S/C15H15BrN2O2/c1-10-7-8-12(14(16)17-10)15(20)18-13(9-19)11-5-3-2-4-6-11/h2-8,13,19H,9H2,1H3,(H,18,20). The number of aliphatic hydroxyl groups excluding tert-OH is 1. The maximum absolute atomic E-state index is 12.2. The molecule has 1 aromatic heterocycles. The van der Waals surface area contributed by atoms with Crippen LogP contribution in [0.25, 0.3) is 0 Å². The van der Waals surface area contributed by atoms with E-state index in [0.29, 0.717) is 10.2 Å². The summed E-state index contributed by atoms with van der Waals surface area (Å²) in [6.45, 7) is 1.69. The van der Waals surface area contributed by atoms with Crippen LogP contribution in [-0.4, -0.2) is 22.6 Å². The summed E-state index contributed by atoms with van der Waals surface area (Å²) in [5.41, 5.74) is 2.14. The zero-order valence-corrected chi connectivity index (χ0v) is 12.6. The van der Waals surface area contributed by atoms with Gasteiger partial charge >= 0.3 is 0 Å². The Morgan fingerprint density at radius 3 is 2.60 bits per heavy atom. The molecule has 0 saturated carbocycles. The zero-order valence-electron chi connectivity index (χ0n) is 11.0. The molecule has 0 spiro atoms. The fourth-order valence-corrected chi connectivity index (χ4v) is 2.44. The highest BCUT2D eigenvalue weighted by atomic mass is 79.9. The molecular formula is C15H15BrN2O2. The van der Waals surface area contributed by atoms with E-state index in [1.54, 1.807) is 12.1 Å². The lowest BCUT2D eigenvalue weighted by atomic mass is 10.1. The summed E-state index contributed by atoms with van der Waals surface area (Å²) in [5.74, 6) is -0.271. The van der Waals surface area contributed by atoms with Crippen molar-refractivity contribution in [3.8, 4) is 0 Å². The van der Waals surface area contributed by atoms with Crippen LogP contribution in [0.2, 0.25) is 0 Å². The van der Waals surface area contributed by atoms with E-state index < -0.39 is 6.04 Å². The average Bonchev–Trinajstić information content (AvgIpc) is 2.45. The third-order valence-corrected chi connectivity index (χ3v) is 3.53. The Labute approximate surface area is 126 Å². The minimum atomic E-state index is -0.433. The molecule has 0 aliphatic carbocycles. The molecule has 0 fully saturated rings. The molecular weight excluding hydrogens is 320 g/mol. The first-order chi connectivity index (χ1) is 9.61. The van der Waals surface area contributed by atoms with E-state index in [9.17, 15) is 9.90 Å². The summed E-state index contributed by atoms with van der Waals surface area (Å²) < 4.78 is 0.500. The second kappa shape index (κ2) is 6.63. The van der Waals surface area contributed by atoms with Gasteiger partial charge in [-0.3, -0.25) is 4.79 Å². The van der Waals surface area contributed by atoms with Crippen LogP contribution in [0.5, 0.6) is 0 Å². The van der Waals surface area contributed by atoms with Crippen LogP contribution in [0.1, 0.15) is 27.7 Å². The van der Waals surface area contributed by atoms with Gasteiger partial charge in [0, 0.05) is 5.69 Å². The maximum atomic E-state index is 12.2. The smallest absolute Gasteiger partial charge is 0.254 e. The highest BCUT2D eigenvalue weighted by Gasteiger charge is 2.17. The molecule has 5 heteroatoms. The summed E-state index contributed by atoms with van der Waals surface area (Å²) >= 11 is 3.28. The first-order valence-corrected chi connectivity index (χ1v) is 7.01. The van der Waals surface area contributed by atoms with E-state index in [0.717, 1.165) is 11.3 Å². The molecule has 0 aliphatic heterocycles. The number of carbonyl (C=O) groups is 1. The molecule has 2 rings (SSSR count). The number of hydrogen-bond acceptors (Lipinski definition) is 3. The van der Waals surface area contributed by atoms with Crippen LogP contribution < -0.4 is 5.32 Å². The van der Waals surface area contributed by atoms with Crippen molar-refractivity contribution in [2.24, 2.45) is 0 Å². The van der Waals surface area contributed by atoms with Crippen LogP contribution >= 0.6 is 15.9 Å². The number of nitrogens with zero attached hydrogens (tertiary/aromatic N) is 1. The Bertz CT molecular complexity index is 602. The quantitative estimate of drug-likeness (QED) is 0.845. The van der Waals surface area contributed by atoms with Gasteiger partial charge in [-0.25, -0.2) is 4.98 Å². The molecule has 1 unspecified atom stereocenters. The SMILES string of the molecule is Cc1ccc(C(=O)NC(CO)c2ccccc2)c(Br)n1. The Balaban J connectivity index is 2.17. The third kappa shape index (κ3) is 3.43. The first-order valence-electron chi connectivity index (χ1n) is 6.21. The van der Waals surface area contributed by atoms with Crippen LogP contribution in [0.15, 0.2) is 47.1 Å². The van der Waals surface area contributed by atoms with Gasteiger partial charge in [0.25, 0.3) is 5.91 Å². The zero-order chi connectivity index (χ0) is 14.5. The second-order valence-electron chi connectivity index (χ2n) is 4.41. The number of aliphatic hydroxyl groups is 1. The lowest BCUT2D eigenvalue weighted by molar-refractivity contribution is 0.0915. The van der Waals surface area contributed by atoms with Crippen molar-refractivity contribution in [2.45, 2.75) is 13.0 Å². The minimum Gasteiger partial charge on any atom is -0.394 e. The number of halogens is 1. The van der Waals surface area contributed by atoms with Crippen LogP contribution in [-0.2, 0) is 0 Å². The molecule has 0 saturated heterocycles. The number of benzene rings is 1. The lowest BCUT2D eigenvalue weighted by Gasteiger charge is -2.17. The normalized spacial score (nSPS) is 11.9. The van der Waals surface area contributed by atoms with Gasteiger partial charge in [-0.1, -0.05) is 30.3 Å². The number of hydrogen-bond donors (Lipinski definition) is 2. The number of pyridine rings is 1. The van der Waals surface area contributed by atoms with E-state index in [1.807, 2.05) is 37.3 Å². The van der Waals surface area contributed by atoms with Gasteiger partial charge in [0.1, 0.15) is 4.60 Å². The number of aryl methyl sites for hydroxylation is 1. The summed E-state index contributed by atoms with van der Waals surface area (Å²) in [6.07, 6.45) is 0. The summed E-state index contributed by atoms with van der Waals surface area (Å²) in [7, 11) is 0. The molecule has 2 aromatic rings. The molecule has 0 bridgehead atoms. The summed E-state index contributed by atoms with van der Waals surface area (Å²) in [5, 5.41) is 12.2. The summed E-state index contributed by atoms with van der Waals surface area (Å²) in [4.78, 5) is 16.4. The van der Waals surface area contributed by atoms with Crippen molar-refractivity contribution < 1.29 is 9.90 Å². The van der Waals surface area contributed by atoms with Crippen molar-refractivity contribution in [1.82, 2.24) is 10.3 Å². The van der Waals surface area contributed by atoms with E-state index >= 15 is 0 Å². The Hall–Kier alpha value is -1.72. The Morgan fingerprint density at radius 2 is 2.00 bits per heavy atom. The molecule has 4 nitrogen and oxygen atoms in total. The second-order valence-corrected chi connectivity index (χ2v) is 5.16. The van der Waals surface area contributed by atoms with Crippen molar-refractivity contribution in [2.75, 3.05) is 6.61 Å².